The van der Waals surface area contributed by atoms with E-state index in [0.29, 0.717) is 11.2 Å². The van der Waals surface area contributed by atoms with Gasteiger partial charge in [-0.2, -0.15) is 0 Å². The first-order valence-corrected chi connectivity index (χ1v) is 6.57. The minimum absolute atomic E-state index is 0.520. The van der Waals surface area contributed by atoms with Gasteiger partial charge in [0, 0.05) is 0 Å². The summed E-state index contributed by atoms with van der Waals surface area (Å²) in [6, 6.07) is 9.31. The highest BCUT2D eigenvalue weighted by Gasteiger charge is 2.38. The Morgan fingerprint density at radius 1 is 1.33 bits per heavy atom. The largest absolute Gasteiger partial charge is 0.343 e. The summed E-state index contributed by atoms with van der Waals surface area (Å²) in [5.41, 5.74) is 0. The number of benzene rings is 1. The van der Waals surface area contributed by atoms with Crippen LogP contribution in [0.4, 0.5) is 0 Å². The average Bonchev–Trinajstić information content (AvgIpc) is 2.17. The van der Waals surface area contributed by atoms with Crippen molar-refractivity contribution in [1.82, 2.24) is 5.20 Å². The number of hydrogen-bond acceptors (Lipinski definition) is 2. The highest BCUT2D eigenvalue weighted by Crippen LogP contribution is 2.44. The molecule has 0 amide bonds. The lowest BCUT2D eigenvalue weighted by Crippen LogP contribution is -2.56. The Bertz CT molecular complexity index is 392. The average molecular weight is 227 g/mol. The molecule has 0 radical (unpaired) electrons. The van der Waals surface area contributed by atoms with Gasteiger partial charge in [0.05, 0.1) is 19.4 Å². The molecule has 1 N–H and O–H groups in total. The maximum absolute atomic E-state index is 12.5. The van der Waals surface area contributed by atoms with Crippen LogP contribution < -0.4 is 10.5 Å². The molecule has 4 nitrogen and oxygen atoms in total. The quantitative estimate of drug-likeness (QED) is 0.577. The predicted octanol–water partition coefficient (Wildman–Crippen LogP) is 1.12. The standard InChI is InChI=1S/C10H16N2O2P/c1-12(2)8-9-14-15(13,11-12)10-6-4-3-5-7-10/h3-7H,8-9H2,1-2H3,(H,11,13)/q+1. The number of nitrogens with zero attached hydrogens (tertiary/aromatic N) is 1. The van der Waals surface area contributed by atoms with Crippen LogP contribution in [0.3, 0.4) is 0 Å². The smallest absolute Gasteiger partial charge is 0.305 e. The molecule has 5 heteroatoms. The second-order valence-electron chi connectivity index (χ2n) is 4.23. The van der Waals surface area contributed by atoms with E-state index in [1.165, 1.54) is 0 Å². The molecule has 0 saturated carbocycles. The monoisotopic (exact) mass is 227 g/mol. The first-order valence-electron chi connectivity index (χ1n) is 4.95. The molecule has 1 aliphatic rings. The third-order valence-electron chi connectivity index (χ3n) is 2.42. The maximum Gasteiger partial charge on any atom is 0.343 e. The second-order valence-corrected chi connectivity index (χ2v) is 6.31. The molecule has 0 aromatic heterocycles. The van der Waals surface area contributed by atoms with Crippen LogP contribution >= 0.6 is 7.52 Å². The number of nitrogens with one attached hydrogen (secondary N) is 1. The van der Waals surface area contributed by atoms with Gasteiger partial charge in [0.25, 0.3) is 0 Å². The third-order valence-corrected chi connectivity index (χ3v) is 4.75. The minimum atomic E-state index is -2.87. The summed E-state index contributed by atoms with van der Waals surface area (Å²) in [7, 11) is 1.10. The molecule has 1 fully saturated rings. The lowest BCUT2D eigenvalue weighted by atomic mass is 10.4. The Kier molecular flexibility index (Phi) is 2.69. The summed E-state index contributed by atoms with van der Waals surface area (Å²) in [6.07, 6.45) is 0. The van der Waals surface area contributed by atoms with Crippen molar-refractivity contribution in [1.29, 1.82) is 0 Å². The third kappa shape index (κ3) is 2.29. The zero-order valence-electron chi connectivity index (χ0n) is 9.01. The van der Waals surface area contributed by atoms with Crippen molar-refractivity contribution in [2.45, 2.75) is 0 Å². The minimum Gasteiger partial charge on any atom is -0.305 e. The molecule has 0 spiro atoms. The first kappa shape index (κ1) is 10.8. The van der Waals surface area contributed by atoms with Crippen molar-refractivity contribution >= 4 is 12.8 Å². The Balaban J connectivity index is 2.31. The SMILES string of the molecule is C[N+]1(C)CCOP(=O)(c2ccccc2)N1. The Morgan fingerprint density at radius 3 is 2.60 bits per heavy atom. The van der Waals surface area contributed by atoms with Gasteiger partial charge in [-0.05, 0) is 12.1 Å². The van der Waals surface area contributed by atoms with Gasteiger partial charge in [-0.1, -0.05) is 23.4 Å². The lowest BCUT2D eigenvalue weighted by molar-refractivity contribution is -0.924. The van der Waals surface area contributed by atoms with E-state index in [0.717, 1.165) is 11.8 Å². The predicted molar refractivity (Wildman–Crippen MR) is 59.7 cm³/mol. The summed E-state index contributed by atoms with van der Waals surface area (Å²) >= 11 is 0. The van der Waals surface area contributed by atoms with E-state index >= 15 is 0 Å². The van der Waals surface area contributed by atoms with Crippen LogP contribution in [0.15, 0.2) is 30.3 Å². The highest BCUT2D eigenvalue weighted by atomic mass is 31.2. The molecule has 82 valence electrons. The summed E-state index contributed by atoms with van der Waals surface area (Å²) in [5.74, 6) is 0. The molecule has 1 atom stereocenters. The molecule has 0 bridgehead atoms. The van der Waals surface area contributed by atoms with Crippen LogP contribution in [-0.2, 0) is 9.09 Å². The van der Waals surface area contributed by atoms with Gasteiger partial charge in [-0.25, -0.2) is 4.59 Å². The molecule has 1 aromatic rings. The molecule has 1 aliphatic heterocycles. The van der Waals surface area contributed by atoms with Gasteiger partial charge in [-0.3, -0.25) is 4.57 Å². The topological polar surface area (TPSA) is 38.3 Å². The van der Waals surface area contributed by atoms with E-state index in [2.05, 4.69) is 5.20 Å². The van der Waals surface area contributed by atoms with Gasteiger partial charge in [0.15, 0.2) is 0 Å². The van der Waals surface area contributed by atoms with Gasteiger partial charge in [0.1, 0.15) is 13.2 Å². The maximum atomic E-state index is 12.5. The normalized spacial score (nSPS) is 30.0. The van der Waals surface area contributed by atoms with Gasteiger partial charge < -0.3 is 4.52 Å². The van der Waals surface area contributed by atoms with Gasteiger partial charge in [0.2, 0.25) is 0 Å². The molecule has 1 unspecified atom stereocenters. The molecular weight excluding hydrogens is 211 g/mol. The second kappa shape index (κ2) is 3.72. The van der Waals surface area contributed by atoms with Gasteiger partial charge in [-0.15, -0.1) is 0 Å². The fraction of sp³-hybridized carbons (Fsp3) is 0.400. The van der Waals surface area contributed by atoms with Crippen LogP contribution in [-0.4, -0.2) is 31.8 Å². The number of rotatable bonds is 1. The van der Waals surface area contributed by atoms with Crippen molar-refractivity contribution in [3.8, 4) is 0 Å². The number of quaternary nitrogens is 1. The van der Waals surface area contributed by atoms with Crippen LogP contribution in [0.1, 0.15) is 0 Å². The fourth-order valence-electron chi connectivity index (χ4n) is 1.59. The molecular formula is C10H16N2O2P+. The van der Waals surface area contributed by atoms with Crippen molar-refractivity contribution in [2.75, 3.05) is 27.2 Å². The summed E-state index contributed by atoms with van der Waals surface area (Å²) in [5, 5.41) is 3.79. The molecule has 2 rings (SSSR count). The van der Waals surface area contributed by atoms with E-state index in [1.54, 1.807) is 0 Å². The van der Waals surface area contributed by atoms with Crippen molar-refractivity contribution in [3.63, 3.8) is 0 Å². The molecule has 1 heterocycles. The van der Waals surface area contributed by atoms with Crippen LogP contribution in [0.2, 0.25) is 0 Å². The van der Waals surface area contributed by atoms with Gasteiger partial charge >= 0.3 is 7.52 Å². The summed E-state index contributed by atoms with van der Waals surface area (Å²) < 4.78 is 18.4. The molecule has 0 aliphatic carbocycles. The van der Waals surface area contributed by atoms with E-state index in [-0.39, 0.29) is 0 Å². The highest BCUT2D eigenvalue weighted by molar-refractivity contribution is 7.64. The van der Waals surface area contributed by atoms with Crippen LogP contribution in [0.5, 0.6) is 0 Å². The van der Waals surface area contributed by atoms with E-state index < -0.39 is 7.52 Å². The first-order chi connectivity index (χ1) is 7.02. The Labute approximate surface area is 89.9 Å². The van der Waals surface area contributed by atoms with E-state index in [9.17, 15) is 4.57 Å². The van der Waals surface area contributed by atoms with E-state index in [4.69, 9.17) is 4.52 Å². The number of likely N-dealkylation sites (N-methyl/N-ethyl adjacent to an activating group) is 1. The zero-order valence-corrected chi connectivity index (χ0v) is 9.91. The van der Waals surface area contributed by atoms with Crippen LogP contribution in [0.25, 0.3) is 0 Å². The summed E-state index contributed by atoms with van der Waals surface area (Å²) in [6.45, 7) is 1.34. The lowest BCUT2D eigenvalue weighted by Gasteiger charge is -2.37. The summed E-state index contributed by atoms with van der Waals surface area (Å²) in [4.78, 5) is 0. The Morgan fingerprint density at radius 2 is 2.00 bits per heavy atom. The van der Waals surface area contributed by atoms with Crippen molar-refractivity contribution < 1.29 is 13.7 Å². The Hall–Kier alpha value is -0.670. The van der Waals surface area contributed by atoms with E-state index in [1.807, 2.05) is 44.4 Å². The van der Waals surface area contributed by atoms with Crippen molar-refractivity contribution in [2.24, 2.45) is 0 Å². The molecule has 1 saturated heterocycles. The number of hydrogen-bond donors (Lipinski definition) is 1. The zero-order chi connectivity index (χ0) is 10.9. The van der Waals surface area contributed by atoms with Crippen molar-refractivity contribution in [3.05, 3.63) is 30.3 Å². The molecule has 1 aromatic carbocycles. The molecule has 15 heavy (non-hydrogen) atoms. The van der Waals surface area contributed by atoms with Crippen LogP contribution in [0, 0.1) is 0 Å². The fourth-order valence-corrected chi connectivity index (χ4v) is 3.63.